The molecule has 3 aromatic rings. The van der Waals surface area contributed by atoms with Gasteiger partial charge in [0.15, 0.2) is 0 Å². The average Bonchev–Trinajstić information content (AvgIpc) is 3.47. The van der Waals surface area contributed by atoms with Crippen molar-refractivity contribution >= 4 is 46.8 Å². The summed E-state index contributed by atoms with van der Waals surface area (Å²) in [7, 11) is 0. The van der Waals surface area contributed by atoms with Gasteiger partial charge in [0, 0.05) is 73.3 Å². The number of nitriles is 1. The fourth-order valence-electron chi connectivity index (χ4n) is 10.6. The van der Waals surface area contributed by atoms with Crippen LogP contribution in [-0.4, -0.2) is 90.2 Å². The van der Waals surface area contributed by atoms with E-state index in [1.54, 1.807) is 30.3 Å². The Morgan fingerprint density at radius 2 is 1.54 bits per heavy atom. The second-order valence-corrected chi connectivity index (χ2v) is 18.5. The van der Waals surface area contributed by atoms with Crippen molar-refractivity contribution in [2.24, 2.45) is 16.7 Å². The van der Waals surface area contributed by atoms with Gasteiger partial charge in [-0.3, -0.25) is 39.1 Å². The van der Waals surface area contributed by atoms with Gasteiger partial charge in [0.25, 0.3) is 17.7 Å². The zero-order valence-electron chi connectivity index (χ0n) is 34.1. The van der Waals surface area contributed by atoms with Crippen molar-refractivity contribution in [2.75, 3.05) is 37.6 Å². The molecular formula is C46H51ClN6O6. The van der Waals surface area contributed by atoms with Crippen molar-refractivity contribution in [3.8, 4) is 11.8 Å². The summed E-state index contributed by atoms with van der Waals surface area (Å²) in [5.41, 5.74) is 3.13. The normalized spacial score (nSPS) is 26.4. The lowest BCUT2D eigenvalue weighted by Gasteiger charge is -2.63. The summed E-state index contributed by atoms with van der Waals surface area (Å²) in [6.45, 7) is 12.9. The molecule has 4 fully saturated rings. The number of benzene rings is 3. The van der Waals surface area contributed by atoms with Crippen molar-refractivity contribution in [3.63, 3.8) is 0 Å². The van der Waals surface area contributed by atoms with E-state index in [-0.39, 0.29) is 41.7 Å². The number of fused-ring (bicyclic) bond motifs is 1. The predicted molar refractivity (Wildman–Crippen MR) is 222 cm³/mol. The molecule has 2 saturated carbocycles. The molecule has 2 aliphatic carbocycles. The van der Waals surface area contributed by atoms with Gasteiger partial charge in [-0.2, -0.15) is 5.26 Å². The van der Waals surface area contributed by atoms with E-state index in [2.05, 4.69) is 66.3 Å². The second kappa shape index (κ2) is 15.7. The van der Waals surface area contributed by atoms with Crippen LogP contribution in [0.1, 0.15) is 114 Å². The van der Waals surface area contributed by atoms with Crippen molar-refractivity contribution in [3.05, 3.63) is 93.5 Å². The molecule has 1 unspecified atom stereocenters. The van der Waals surface area contributed by atoms with Gasteiger partial charge in [0.1, 0.15) is 24.0 Å². The van der Waals surface area contributed by atoms with Gasteiger partial charge in [-0.15, -0.1) is 0 Å². The first-order valence-electron chi connectivity index (χ1n) is 20.8. The number of halogens is 1. The quantitative estimate of drug-likeness (QED) is 0.237. The van der Waals surface area contributed by atoms with Crippen LogP contribution in [0.4, 0.5) is 5.69 Å². The lowest BCUT2D eigenvalue weighted by atomic mass is 9.49. The SMILES string of the molecule is CC1(C)C(NC(=O)c2ccc(C3CCC(CN4CCN(c5ccc6c(c5)C(=O)N(C5CCC(=O)NC5=O)C6=O)CC4)CC3)cc2)C(C)(C)C1Oc1ccc(C#N)c(Cl)c1. The third-order valence-corrected chi connectivity index (χ3v) is 13.9. The molecule has 0 aromatic heterocycles. The first-order chi connectivity index (χ1) is 28.1. The summed E-state index contributed by atoms with van der Waals surface area (Å²) in [5, 5.41) is 15.1. The lowest BCUT2D eigenvalue weighted by molar-refractivity contribution is -0.164. The summed E-state index contributed by atoms with van der Waals surface area (Å²) >= 11 is 6.26. The average molecular weight is 819 g/mol. The van der Waals surface area contributed by atoms with Crippen molar-refractivity contribution in [1.29, 1.82) is 5.26 Å². The minimum absolute atomic E-state index is 0.0925. The number of amides is 5. The zero-order chi connectivity index (χ0) is 41.8. The first kappa shape index (κ1) is 40.5. The molecule has 0 spiro atoms. The van der Waals surface area contributed by atoms with Crippen molar-refractivity contribution < 1.29 is 28.7 Å². The van der Waals surface area contributed by atoms with E-state index >= 15 is 0 Å². The molecule has 0 bridgehead atoms. The van der Waals surface area contributed by atoms with Crippen molar-refractivity contribution in [2.45, 2.75) is 90.3 Å². The summed E-state index contributed by atoms with van der Waals surface area (Å²) in [6, 6.07) is 19.6. The number of imide groups is 2. The number of hydrogen-bond donors (Lipinski definition) is 2. The van der Waals surface area contributed by atoms with Gasteiger partial charge >= 0.3 is 0 Å². The monoisotopic (exact) mass is 818 g/mol. The Bertz CT molecular complexity index is 2220. The zero-order valence-corrected chi connectivity index (χ0v) is 34.8. The highest BCUT2D eigenvalue weighted by molar-refractivity contribution is 6.31. The van der Waals surface area contributed by atoms with E-state index in [1.807, 2.05) is 18.2 Å². The molecule has 3 heterocycles. The van der Waals surface area contributed by atoms with Crippen LogP contribution in [0.25, 0.3) is 0 Å². The number of rotatable bonds is 9. The number of nitrogens with one attached hydrogen (secondary N) is 2. The largest absolute Gasteiger partial charge is 0.489 e. The van der Waals surface area contributed by atoms with Gasteiger partial charge in [0.2, 0.25) is 11.8 Å². The fourth-order valence-corrected chi connectivity index (χ4v) is 10.8. The number of piperidine rings is 1. The Balaban J connectivity index is 0.789. The number of ether oxygens (including phenoxy) is 1. The second-order valence-electron chi connectivity index (χ2n) is 18.1. The molecular weight excluding hydrogens is 768 g/mol. The summed E-state index contributed by atoms with van der Waals surface area (Å²) in [4.78, 5) is 69.9. The van der Waals surface area contributed by atoms with E-state index < -0.39 is 29.7 Å². The van der Waals surface area contributed by atoms with E-state index in [4.69, 9.17) is 16.3 Å². The predicted octanol–water partition coefficient (Wildman–Crippen LogP) is 6.32. The van der Waals surface area contributed by atoms with E-state index in [0.717, 1.165) is 69.0 Å². The minimum Gasteiger partial charge on any atom is -0.489 e. The number of nitrogens with zero attached hydrogens (tertiary/aromatic N) is 4. The Morgan fingerprint density at radius 1 is 0.864 bits per heavy atom. The van der Waals surface area contributed by atoms with Gasteiger partial charge in [0.05, 0.1) is 21.7 Å². The van der Waals surface area contributed by atoms with Crippen LogP contribution in [0.15, 0.2) is 60.7 Å². The van der Waals surface area contributed by atoms with E-state index in [9.17, 15) is 29.2 Å². The maximum absolute atomic E-state index is 13.5. The Kier molecular flexibility index (Phi) is 10.8. The molecule has 2 saturated heterocycles. The third-order valence-electron chi connectivity index (χ3n) is 13.6. The molecule has 3 aliphatic heterocycles. The molecule has 308 valence electrons. The van der Waals surface area contributed by atoms with Gasteiger partial charge in [-0.25, -0.2) is 0 Å². The van der Waals surface area contributed by atoms with E-state index in [0.29, 0.717) is 44.9 Å². The molecule has 2 N–H and O–H groups in total. The number of carbonyl (C=O) groups excluding carboxylic acids is 5. The molecule has 8 rings (SSSR count). The topological polar surface area (TPSA) is 152 Å². The highest BCUT2D eigenvalue weighted by Gasteiger charge is 2.64. The summed E-state index contributed by atoms with van der Waals surface area (Å²) in [6.07, 6.45) is 4.59. The smallest absolute Gasteiger partial charge is 0.262 e. The molecule has 59 heavy (non-hydrogen) atoms. The van der Waals surface area contributed by atoms with Crippen LogP contribution in [0.5, 0.6) is 5.75 Å². The van der Waals surface area contributed by atoms with Gasteiger partial charge < -0.3 is 15.0 Å². The lowest BCUT2D eigenvalue weighted by Crippen LogP contribution is -2.74. The maximum atomic E-state index is 13.5. The summed E-state index contributed by atoms with van der Waals surface area (Å²) in [5.74, 6) is -0.363. The van der Waals surface area contributed by atoms with Crippen LogP contribution in [0.2, 0.25) is 5.02 Å². The fraction of sp³-hybridized carbons (Fsp3) is 0.478. The maximum Gasteiger partial charge on any atom is 0.262 e. The number of hydrogen-bond acceptors (Lipinski definition) is 9. The molecule has 0 radical (unpaired) electrons. The Labute approximate surface area is 350 Å². The van der Waals surface area contributed by atoms with Crippen LogP contribution >= 0.6 is 11.6 Å². The van der Waals surface area contributed by atoms with Gasteiger partial charge in [-0.1, -0.05) is 51.4 Å². The molecule has 12 nitrogen and oxygen atoms in total. The van der Waals surface area contributed by atoms with Crippen LogP contribution < -0.4 is 20.3 Å². The Hall–Kier alpha value is -5.25. The van der Waals surface area contributed by atoms with Crippen LogP contribution in [0.3, 0.4) is 0 Å². The number of anilines is 1. The van der Waals surface area contributed by atoms with Crippen LogP contribution in [0, 0.1) is 28.1 Å². The van der Waals surface area contributed by atoms with Gasteiger partial charge in [-0.05, 0) is 92.0 Å². The number of carbonyl (C=O) groups is 5. The Morgan fingerprint density at radius 3 is 2.19 bits per heavy atom. The molecule has 5 amide bonds. The minimum atomic E-state index is -0.972. The highest BCUT2D eigenvalue weighted by Crippen LogP contribution is 2.55. The number of piperazine rings is 1. The van der Waals surface area contributed by atoms with Crippen molar-refractivity contribution in [1.82, 2.24) is 20.4 Å². The third kappa shape index (κ3) is 7.59. The molecule has 5 aliphatic rings. The van der Waals surface area contributed by atoms with E-state index in [1.165, 1.54) is 5.56 Å². The molecule has 13 heteroatoms. The highest BCUT2D eigenvalue weighted by atomic mass is 35.5. The first-order valence-corrected chi connectivity index (χ1v) is 21.1. The standard InChI is InChI=1S/C46H51ClN6O6/c1-45(2)43(46(3,4)44(45)59-33-15-13-31(25-48)36(47)24-33)50-39(55)30-11-9-29(10-12-30)28-7-5-27(6-8-28)26-51-19-21-52(22-20-51)32-14-16-34-35(23-32)42(58)53(41(34)57)37-17-18-38(54)49-40(37)56/h9-16,23-24,27-28,37,43-44H,5-8,17-22,26H2,1-4H3,(H,50,55)(H,49,54,56). The molecule has 1 atom stereocenters. The summed E-state index contributed by atoms with van der Waals surface area (Å²) < 4.78 is 6.39. The van der Waals surface area contributed by atoms with Crippen LogP contribution in [-0.2, 0) is 9.59 Å². The molecule has 3 aromatic carbocycles.